The van der Waals surface area contributed by atoms with Crippen molar-refractivity contribution in [1.82, 2.24) is 4.90 Å². The summed E-state index contributed by atoms with van der Waals surface area (Å²) in [6.07, 6.45) is 1.98. The molecule has 124 valence electrons. The van der Waals surface area contributed by atoms with E-state index in [1.165, 1.54) is 0 Å². The number of methoxy groups -OCH3 is 1. The van der Waals surface area contributed by atoms with Crippen LogP contribution in [0.2, 0.25) is 0 Å². The third-order valence-electron chi connectivity index (χ3n) is 4.63. The molecule has 5 nitrogen and oxygen atoms in total. The van der Waals surface area contributed by atoms with Gasteiger partial charge in [-0.05, 0) is 48.7 Å². The van der Waals surface area contributed by atoms with E-state index in [9.17, 15) is 4.79 Å². The lowest BCUT2D eigenvalue weighted by atomic mass is 10.0. The molecule has 0 spiro atoms. The average Bonchev–Trinajstić information content (AvgIpc) is 3.29. The summed E-state index contributed by atoms with van der Waals surface area (Å²) in [5, 5.41) is 0. The van der Waals surface area contributed by atoms with Gasteiger partial charge in [-0.15, -0.1) is 0 Å². The van der Waals surface area contributed by atoms with Crippen LogP contribution in [0.3, 0.4) is 0 Å². The molecule has 0 aliphatic carbocycles. The Balaban J connectivity index is 1.58. The number of amides is 1. The maximum atomic E-state index is 13.0. The molecule has 0 aromatic heterocycles. The Kier molecular flexibility index (Phi) is 3.76. The van der Waals surface area contributed by atoms with Crippen molar-refractivity contribution in [2.75, 3.05) is 20.4 Å². The van der Waals surface area contributed by atoms with Crippen molar-refractivity contribution in [3.8, 4) is 17.2 Å². The van der Waals surface area contributed by atoms with E-state index >= 15 is 0 Å². The summed E-state index contributed by atoms with van der Waals surface area (Å²) in [5.41, 5.74) is 1.78. The van der Waals surface area contributed by atoms with E-state index in [0.717, 1.165) is 30.7 Å². The Bertz CT molecular complexity index is 756. The Morgan fingerprint density at radius 2 is 1.92 bits per heavy atom. The molecular formula is C19H19NO4. The molecule has 24 heavy (non-hydrogen) atoms. The van der Waals surface area contributed by atoms with Crippen molar-refractivity contribution >= 4 is 5.91 Å². The zero-order valence-corrected chi connectivity index (χ0v) is 13.5. The summed E-state index contributed by atoms with van der Waals surface area (Å²) in [4.78, 5) is 14.9. The number of benzene rings is 2. The van der Waals surface area contributed by atoms with Gasteiger partial charge in [-0.25, -0.2) is 0 Å². The molecule has 2 aromatic carbocycles. The predicted octanol–water partition coefficient (Wildman–Crippen LogP) is 3.40. The van der Waals surface area contributed by atoms with Gasteiger partial charge in [0.2, 0.25) is 6.79 Å². The van der Waals surface area contributed by atoms with Crippen LogP contribution < -0.4 is 14.2 Å². The van der Waals surface area contributed by atoms with Crippen molar-refractivity contribution in [2.45, 2.75) is 18.9 Å². The molecule has 0 radical (unpaired) electrons. The summed E-state index contributed by atoms with van der Waals surface area (Å²) in [5.74, 6) is 2.19. The minimum atomic E-state index is 0.0339. The number of ether oxygens (including phenoxy) is 3. The minimum Gasteiger partial charge on any atom is -0.497 e. The first-order chi connectivity index (χ1) is 11.8. The first kappa shape index (κ1) is 14.9. The van der Waals surface area contributed by atoms with Crippen LogP contribution >= 0.6 is 0 Å². The first-order valence-corrected chi connectivity index (χ1v) is 8.11. The molecule has 0 bridgehead atoms. The number of fused-ring (bicyclic) bond motifs is 1. The zero-order chi connectivity index (χ0) is 16.5. The summed E-state index contributed by atoms with van der Waals surface area (Å²) >= 11 is 0. The van der Waals surface area contributed by atoms with Crippen molar-refractivity contribution in [1.29, 1.82) is 0 Å². The fourth-order valence-electron chi connectivity index (χ4n) is 3.38. The van der Waals surface area contributed by atoms with Gasteiger partial charge in [-0.3, -0.25) is 4.79 Å². The molecule has 2 aromatic rings. The van der Waals surface area contributed by atoms with E-state index in [-0.39, 0.29) is 18.7 Å². The second kappa shape index (κ2) is 6.07. The van der Waals surface area contributed by atoms with Crippen LogP contribution in [0, 0.1) is 0 Å². The van der Waals surface area contributed by atoms with Gasteiger partial charge in [0.1, 0.15) is 5.75 Å². The zero-order valence-electron chi connectivity index (χ0n) is 13.5. The minimum absolute atomic E-state index is 0.0339. The third kappa shape index (κ3) is 2.56. The van der Waals surface area contributed by atoms with E-state index in [4.69, 9.17) is 14.2 Å². The first-order valence-electron chi connectivity index (χ1n) is 8.11. The van der Waals surface area contributed by atoms with Crippen molar-refractivity contribution < 1.29 is 19.0 Å². The van der Waals surface area contributed by atoms with Gasteiger partial charge in [-0.2, -0.15) is 0 Å². The molecule has 2 aliphatic rings. The van der Waals surface area contributed by atoms with Gasteiger partial charge in [-0.1, -0.05) is 12.1 Å². The second-order valence-corrected chi connectivity index (χ2v) is 6.00. The van der Waals surface area contributed by atoms with E-state index in [1.807, 2.05) is 29.2 Å². The SMILES string of the molecule is COc1ccc([C@@H]2CCCN2C(=O)c2ccc3c(c2)OCO3)cc1. The number of hydrogen-bond donors (Lipinski definition) is 0. The molecule has 0 N–H and O–H groups in total. The summed E-state index contributed by atoms with van der Waals surface area (Å²) < 4.78 is 15.9. The second-order valence-electron chi connectivity index (χ2n) is 6.00. The average molecular weight is 325 g/mol. The smallest absolute Gasteiger partial charge is 0.254 e. The van der Waals surface area contributed by atoms with E-state index in [1.54, 1.807) is 25.3 Å². The molecule has 0 saturated carbocycles. The molecule has 5 heteroatoms. The number of likely N-dealkylation sites (tertiary alicyclic amines) is 1. The van der Waals surface area contributed by atoms with Crippen molar-refractivity contribution in [2.24, 2.45) is 0 Å². The van der Waals surface area contributed by atoms with Gasteiger partial charge in [0, 0.05) is 12.1 Å². The maximum Gasteiger partial charge on any atom is 0.254 e. The van der Waals surface area contributed by atoms with Gasteiger partial charge < -0.3 is 19.1 Å². The van der Waals surface area contributed by atoms with Crippen LogP contribution in [0.15, 0.2) is 42.5 Å². The molecule has 2 heterocycles. The third-order valence-corrected chi connectivity index (χ3v) is 4.63. The Hall–Kier alpha value is -2.69. The largest absolute Gasteiger partial charge is 0.497 e. The highest BCUT2D eigenvalue weighted by Crippen LogP contribution is 2.36. The van der Waals surface area contributed by atoms with Gasteiger partial charge >= 0.3 is 0 Å². The lowest BCUT2D eigenvalue weighted by molar-refractivity contribution is 0.0735. The molecule has 2 aliphatic heterocycles. The van der Waals surface area contributed by atoms with E-state index in [2.05, 4.69) is 0 Å². The fourth-order valence-corrected chi connectivity index (χ4v) is 3.38. The van der Waals surface area contributed by atoms with Crippen LogP contribution in [0.4, 0.5) is 0 Å². The molecular weight excluding hydrogens is 306 g/mol. The predicted molar refractivity (Wildman–Crippen MR) is 88.6 cm³/mol. The number of carbonyl (C=O) groups excluding carboxylic acids is 1. The van der Waals surface area contributed by atoms with Crippen molar-refractivity contribution in [3.63, 3.8) is 0 Å². The quantitative estimate of drug-likeness (QED) is 0.868. The van der Waals surface area contributed by atoms with Crippen LogP contribution in [-0.4, -0.2) is 31.3 Å². The number of hydrogen-bond acceptors (Lipinski definition) is 4. The van der Waals surface area contributed by atoms with Crippen LogP contribution in [0.25, 0.3) is 0 Å². The van der Waals surface area contributed by atoms with Crippen molar-refractivity contribution in [3.05, 3.63) is 53.6 Å². The molecule has 0 unspecified atom stereocenters. The molecule has 1 fully saturated rings. The van der Waals surface area contributed by atoms with E-state index in [0.29, 0.717) is 17.1 Å². The Labute approximate surface area is 140 Å². The standard InChI is InChI=1S/C19H19NO4/c1-22-15-7-4-13(5-8-15)16-3-2-10-20(16)19(21)14-6-9-17-18(11-14)24-12-23-17/h4-9,11,16H,2-3,10,12H2,1H3/t16-/m0/s1. The Morgan fingerprint density at radius 3 is 2.71 bits per heavy atom. The lowest BCUT2D eigenvalue weighted by Crippen LogP contribution is -2.30. The van der Waals surface area contributed by atoms with Crippen LogP contribution in [-0.2, 0) is 0 Å². The summed E-state index contributed by atoms with van der Waals surface area (Å²) in [7, 11) is 1.65. The van der Waals surface area contributed by atoms with E-state index < -0.39 is 0 Å². The van der Waals surface area contributed by atoms with Gasteiger partial charge in [0.05, 0.1) is 13.2 Å². The molecule has 1 atom stereocenters. The van der Waals surface area contributed by atoms with Crippen LogP contribution in [0.1, 0.15) is 34.8 Å². The highest BCUT2D eigenvalue weighted by atomic mass is 16.7. The number of rotatable bonds is 3. The fraction of sp³-hybridized carbons (Fsp3) is 0.316. The lowest BCUT2D eigenvalue weighted by Gasteiger charge is -2.25. The van der Waals surface area contributed by atoms with Gasteiger partial charge in [0.25, 0.3) is 5.91 Å². The molecule has 1 saturated heterocycles. The monoisotopic (exact) mass is 325 g/mol. The normalized spacial score (nSPS) is 18.7. The highest BCUT2D eigenvalue weighted by molar-refractivity contribution is 5.95. The molecule has 1 amide bonds. The summed E-state index contributed by atoms with van der Waals surface area (Å²) in [6.45, 7) is 0.981. The van der Waals surface area contributed by atoms with Crippen LogP contribution in [0.5, 0.6) is 17.2 Å². The number of nitrogens with zero attached hydrogens (tertiary/aromatic N) is 1. The molecule has 4 rings (SSSR count). The van der Waals surface area contributed by atoms with Gasteiger partial charge in [0.15, 0.2) is 11.5 Å². The Morgan fingerprint density at radius 1 is 1.12 bits per heavy atom. The summed E-state index contributed by atoms with van der Waals surface area (Å²) in [6, 6.07) is 13.4. The number of carbonyl (C=O) groups is 1. The highest BCUT2D eigenvalue weighted by Gasteiger charge is 2.31. The topological polar surface area (TPSA) is 48.0 Å². The maximum absolute atomic E-state index is 13.0.